The standard InChI is InChI=1S/C14H23N5O/c1-3-12-10-18(2)7-4-8-19(12)14(20)13-6-5-11(17-15)9-16-13/h5-6,9,12,17H,3-4,7-8,10,15H2,1-2H3. The molecule has 1 aromatic heterocycles. The molecule has 1 amide bonds. The van der Waals surface area contributed by atoms with Crippen molar-refractivity contribution in [1.29, 1.82) is 0 Å². The van der Waals surface area contributed by atoms with E-state index in [9.17, 15) is 4.79 Å². The van der Waals surface area contributed by atoms with Crippen LogP contribution in [0, 0.1) is 0 Å². The number of nitrogens with zero attached hydrogens (tertiary/aromatic N) is 3. The summed E-state index contributed by atoms with van der Waals surface area (Å²) in [5, 5.41) is 0. The van der Waals surface area contributed by atoms with Crippen molar-refractivity contribution in [2.75, 3.05) is 32.1 Å². The van der Waals surface area contributed by atoms with Crippen molar-refractivity contribution in [3.63, 3.8) is 0 Å². The van der Waals surface area contributed by atoms with Crippen LogP contribution in [-0.4, -0.2) is 53.4 Å². The van der Waals surface area contributed by atoms with Gasteiger partial charge < -0.3 is 15.2 Å². The Hall–Kier alpha value is -1.66. The quantitative estimate of drug-likeness (QED) is 0.635. The van der Waals surface area contributed by atoms with Crippen LogP contribution in [0.2, 0.25) is 0 Å². The van der Waals surface area contributed by atoms with E-state index >= 15 is 0 Å². The van der Waals surface area contributed by atoms with E-state index in [-0.39, 0.29) is 11.9 Å². The van der Waals surface area contributed by atoms with Gasteiger partial charge in [0.05, 0.1) is 11.9 Å². The maximum Gasteiger partial charge on any atom is 0.272 e. The van der Waals surface area contributed by atoms with Gasteiger partial charge in [-0.25, -0.2) is 4.98 Å². The van der Waals surface area contributed by atoms with Crippen LogP contribution in [0.3, 0.4) is 0 Å². The summed E-state index contributed by atoms with van der Waals surface area (Å²) >= 11 is 0. The Kier molecular flexibility index (Phi) is 4.92. The number of nitrogens with one attached hydrogen (secondary N) is 1. The third kappa shape index (κ3) is 3.26. The fraction of sp³-hybridized carbons (Fsp3) is 0.571. The monoisotopic (exact) mass is 277 g/mol. The zero-order chi connectivity index (χ0) is 14.5. The number of hydrazine groups is 1. The molecule has 1 atom stereocenters. The van der Waals surface area contributed by atoms with Gasteiger partial charge >= 0.3 is 0 Å². The number of carbonyl (C=O) groups excluding carboxylic acids is 1. The first-order valence-corrected chi connectivity index (χ1v) is 7.08. The van der Waals surface area contributed by atoms with Gasteiger partial charge in [0.2, 0.25) is 0 Å². The highest BCUT2D eigenvalue weighted by atomic mass is 16.2. The predicted molar refractivity (Wildman–Crippen MR) is 79.3 cm³/mol. The summed E-state index contributed by atoms with van der Waals surface area (Å²) in [6, 6.07) is 3.74. The summed E-state index contributed by atoms with van der Waals surface area (Å²) in [6.45, 7) is 4.87. The Morgan fingerprint density at radius 3 is 2.90 bits per heavy atom. The summed E-state index contributed by atoms with van der Waals surface area (Å²) in [5.74, 6) is 5.32. The second-order valence-electron chi connectivity index (χ2n) is 5.25. The molecule has 1 aliphatic heterocycles. The largest absolute Gasteiger partial charge is 0.333 e. The van der Waals surface area contributed by atoms with E-state index in [1.165, 1.54) is 0 Å². The lowest BCUT2D eigenvalue weighted by atomic mass is 10.1. The number of anilines is 1. The maximum absolute atomic E-state index is 12.6. The fourth-order valence-electron chi connectivity index (χ4n) is 2.61. The van der Waals surface area contributed by atoms with E-state index in [0.29, 0.717) is 11.4 Å². The molecule has 0 aromatic carbocycles. The number of carbonyl (C=O) groups is 1. The Morgan fingerprint density at radius 1 is 1.50 bits per heavy atom. The van der Waals surface area contributed by atoms with Crippen molar-refractivity contribution in [1.82, 2.24) is 14.8 Å². The summed E-state index contributed by atoms with van der Waals surface area (Å²) in [5.41, 5.74) is 3.69. The molecular formula is C14H23N5O. The first kappa shape index (κ1) is 14.7. The van der Waals surface area contributed by atoms with Crippen molar-refractivity contribution in [3.8, 4) is 0 Å². The van der Waals surface area contributed by atoms with Crippen molar-refractivity contribution in [2.24, 2.45) is 5.84 Å². The van der Waals surface area contributed by atoms with Crippen LogP contribution in [0.25, 0.3) is 0 Å². The van der Waals surface area contributed by atoms with Crippen LogP contribution >= 0.6 is 0 Å². The second kappa shape index (κ2) is 6.67. The second-order valence-corrected chi connectivity index (χ2v) is 5.25. The minimum Gasteiger partial charge on any atom is -0.333 e. The van der Waals surface area contributed by atoms with Gasteiger partial charge in [0.1, 0.15) is 5.69 Å². The van der Waals surface area contributed by atoms with Gasteiger partial charge in [0.15, 0.2) is 0 Å². The smallest absolute Gasteiger partial charge is 0.272 e. The van der Waals surface area contributed by atoms with E-state index in [4.69, 9.17) is 5.84 Å². The molecule has 1 aromatic rings. The minimum absolute atomic E-state index is 0.00993. The van der Waals surface area contributed by atoms with E-state index < -0.39 is 0 Å². The Labute approximate surface area is 119 Å². The zero-order valence-corrected chi connectivity index (χ0v) is 12.2. The Balaban J connectivity index is 2.16. The number of aromatic nitrogens is 1. The van der Waals surface area contributed by atoms with Crippen molar-refractivity contribution >= 4 is 11.6 Å². The number of nitrogen functional groups attached to an aromatic ring is 1. The van der Waals surface area contributed by atoms with Gasteiger partial charge in [-0.05, 0) is 38.6 Å². The van der Waals surface area contributed by atoms with Crippen LogP contribution in [-0.2, 0) is 0 Å². The first-order valence-electron chi connectivity index (χ1n) is 7.08. The van der Waals surface area contributed by atoms with Gasteiger partial charge in [-0.3, -0.25) is 10.6 Å². The van der Waals surface area contributed by atoms with Crippen molar-refractivity contribution in [2.45, 2.75) is 25.8 Å². The van der Waals surface area contributed by atoms with E-state index in [0.717, 1.165) is 32.5 Å². The number of amides is 1. The lowest BCUT2D eigenvalue weighted by Crippen LogP contribution is -2.43. The van der Waals surface area contributed by atoms with Crippen LogP contribution in [0.15, 0.2) is 18.3 Å². The molecule has 2 rings (SSSR count). The average Bonchev–Trinajstić information content (AvgIpc) is 2.67. The predicted octanol–water partition coefficient (Wildman–Crippen LogP) is 0.924. The fourth-order valence-corrected chi connectivity index (χ4v) is 2.61. The van der Waals surface area contributed by atoms with Gasteiger partial charge in [-0.15, -0.1) is 0 Å². The van der Waals surface area contributed by atoms with Gasteiger partial charge in [0, 0.05) is 19.1 Å². The number of hydrogen-bond donors (Lipinski definition) is 2. The summed E-state index contributed by atoms with van der Waals surface area (Å²) in [4.78, 5) is 21.1. The molecule has 110 valence electrons. The highest BCUT2D eigenvalue weighted by Gasteiger charge is 2.27. The van der Waals surface area contributed by atoms with Crippen molar-refractivity contribution in [3.05, 3.63) is 24.0 Å². The molecular weight excluding hydrogens is 254 g/mol. The number of rotatable bonds is 3. The van der Waals surface area contributed by atoms with Crippen LogP contribution in [0.4, 0.5) is 5.69 Å². The Bertz CT molecular complexity index is 447. The molecule has 1 fully saturated rings. The molecule has 6 nitrogen and oxygen atoms in total. The maximum atomic E-state index is 12.6. The molecule has 20 heavy (non-hydrogen) atoms. The van der Waals surface area contributed by atoms with Crippen LogP contribution in [0.1, 0.15) is 30.3 Å². The highest BCUT2D eigenvalue weighted by molar-refractivity contribution is 5.92. The molecule has 2 heterocycles. The minimum atomic E-state index is 0.00993. The van der Waals surface area contributed by atoms with Gasteiger partial charge in [-0.1, -0.05) is 6.92 Å². The molecule has 1 unspecified atom stereocenters. The van der Waals surface area contributed by atoms with E-state index in [2.05, 4.69) is 29.3 Å². The zero-order valence-electron chi connectivity index (χ0n) is 12.2. The van der Waals surface area contributed by atoms with Crippen LogP contribution in [0.5, 0.6) is 0 Å². The van der Waals surface area contributed by atoms with Gasteiger partial charge in [-0.2, -0.15) is 0 Å². The number of pyridine rings is 1. The molecule has 1 aliphatic rings. The molecule has 3 N–H and O–H groups in total. The third-order valence-electron chi connectivity index (χ3n) is 3.78. The molecule has 0 saturated carbocycles. The van der Waals surface area contributed by atoms with E-state index in [1.54, 1.807) is 18.3 Å². The molecule has 6 heteroatoms. The Morgan fingerprint density at radius 2 is 2.30 bits per heavy atom. The first-order chi connectivity index (χ1) is 9.65. The molecule has 0 bridgehead atoms. The molecule has 0 aliphatic carbocycles. The highest BCUT2D eigenvalue weighted by Crippen LogP contribution is 2.15. The summed E-state index contributed by atoms with van der Waals surface area (Å²) < 4.78 is 0. The number of hydrogen-bond acceptors (Lipinski definition) is 5. The topological polar surface area (TPSA) is 74.5 Å². The van der Waals surface area contributed by atoms with Crippen LogP contribution < -0.4 is 11.3 Å². The number of likely N-dealkylation sites (N-methyl/N-ethyl adjacent to an activating group) is 1. The summed E-state index contributed by atoms with van der Waals surface area (Å²) in [7, 11) is 2.11. The third-order valence-corrected chi connectivity index (χ3v) is 3.78. The van der Waals surface area contributed by atoms with Gasteiger partial charge in [0.25, 0.3) is 5.91 Å². The van der Waals surface area contributed by atoms with Crippen molar-refractivity contribution < 1.29 is 4.79 Å². The number of nitrogens with two attached hydrogens (primary N) is 1. The molecule has 0 spiro atoms. The van der Waals surface area contributed by atoms with E-state index in [1.807, 2.05) is 4.90 Å². The molecule has 0 radical (unpaired) electrons. The SMILES string of the molecule is CCC1CN(C)CCCN1C(=O)c1ccc(NN)cn1. The lowest BCUT2D eigenvalue weighted by molar-refractivity contribution is 0.0669. The summed E-state index contributed by atoms with van der Waals surface area (Å²) in [6.07, 6.45) is 3.54. The molecule has 1 saturated heterocycles. The average molecular weight is 277 g/mol. The normalized spacial score (nSPS) is 20.6. The lowest BCUT2D eigenvalue weighted by Gasteiger charge is -2.30.